The molecule has 0 aliphatic rings. The Morgan fingerprint density at radius 3 is 1.87 bits per heavy atom. The average Bonchev–Trinajstić information content (AvgIpc) is 2.97. The number of amides is 2. The molecule has 4 aromatic rings. The van der Waals surface area contributed by atoms with Crippen LogP contribution in [-0.4, -0.2) is 30.4 Å². The zero-order valence-corrected chi connectivity index (χ0v) is 21.8. The normalized spacial score (nSPS) is 11.4. The lowest BCUT2D eigenvalue weighted by atomic mass is 10.0. The molecule has 0 saturated carbocycles. The first-order valence-electron chi connectivity index (χ1n) is 13.0. The van der Waals surface area contributed by atoms with Gasteiger partial charge in [0.25, 0.3) is 0 Å². The van der Waals surface area contributed by atoms with E-state index in [1.807, 2.05) is 115 Å². The minimum absolute atomic E-state index is 0.0585. The molecule has 1 atom stereocenters. The van der Waals surface area contributed by atoms with Crippen LogP contribution in [0, 0.1) is 0 Å². The smallest absolute Gasteiger partial charge is 0.247 e. The van der Waals surface area contributed by atoms with Gasteiger partial charge < -0.3 is 15.0 Å². The zero-order chi connectivity index (χ0) is 26.6. The van der Waals surface area contributed by atoms with Gasteiger partial charge in [-0.3, -0.25) is 9.59 Å². The fourth-order valence-electron chi connectivity index (χ4n) is 4.47. The third kappa shape index (κ3) is 7.56. The second kappa shape index (κ2) is 13.8. The minimum atomic E-state index is -0.740. The molecule has 0 spiro atoms. The summed E-state index contributed by atoms with van der Waals surface area (Å²) in [5.41, 5.74) is 3.97. The molecular weight excluding hydrogens is 472 g/mol. The van der Waals surface area contributed by atoms with Crippen LogP contribution in [0.5, 0.6) is 5.75 Å². The number of carbonyl (C=O) groups excluding carboxylic acids is 2. The van der Waals surface area contributed by atoms with Crippen molar-refractivity contribution in [2.45, 2.75) is 31.8 Å². The number of hydrogen-bond acceptors (Lipinski definition) is 3. The first kappa shape index (κ1) is 26.7. The molecule has 0 aliphatic carbocycles. The number of rotatable bonds is 12. The second-order valence-electron chi connectivity index (χ2n) is 9.20. The van der Waals surface area contributed by atoms with E-state index < -0.39 is 6.04 Å². The molecular formula is C33H34N2O3. The summed E-state index contributed by atoms with van der Waals surface area (Å²) in [5.74, 6) is 0.554. The van der Waals surface area contributed by atoms with E-state index in [0.717, 1.165) is 28.0 Å². The number of hydrogen-bond donors (Lipinski definition) is 1. The van der Waals surface area contributed by atoms with Crippen LogP contribution >= 0.6 is 0 Å². The van der Waals surface area contributed by atoms with Gasteiger partial charge in [-0.1, -0.05) is 103 Å². The van der Waals surface area contributed by atoms with Crippen molar-refractivity contribution < 1.29 is 14.3 Å². The molecule has 1 N–H and O–H groups in total. The standard InChI is InChI=1S/C33H34N2O3/c1-38-30-20-17-27(18-21-30)23-24-34-33(37)32(29-15-9-4-10-16-29)35(25-28-13-7-3-8-14-28)31(36)22-19-26-11-5-2-6-12-26/h2-18,20-21,32H,19,22-25H2,1H3,(H,34,37)/t32-/m0/s1. The number of ether oxygens (including phenoxy) is 1. The van der Waals surface area contributed by atoms with Crippen LogP contribution in [0.2, 0.25) is 0 Å². The molecule has 194 valence electrons. The lowest BCUT2D eigenvalue weighted by molar-refractivity contribution is -0.141. The van der Waals surface area contributed by atoms with Crippen molar-refractivity contribution in [2.75, 3.05) is 13.7 Å². The molecule has 4 rings (SSSR count). The van der Waals surface area contributed by atoms with E-state index in [4.69, 9.17) is 4.74 Å². The highest BCUT2D eigenvalue weighted by atomic mass is 16.5. The topological polar surface area (TPSA) is 58.6 Å². The van der Waals surface area contributed by atoms with Crippen LogP contribution in [0.25, 0.3) is 0 Å². The van der Waals surface area contributed by atoms with Crippen LogP contribution in [0.1, 0.15) is 34.7 Å². The lowest BCUT2D eigenvalue weighted by Gasteiger charge is -2.32. The Hall–Kier alpha value is -4.38. The summed E-state index contributed by atoms with van der Waals surface area (Å²) in [6.45, 7) is 0.811. The Kier molecular flexibility index (Phi) is 9.69. The van der Waals surface area contributed by atoms with Crippen molar-refractivity contribution in [2.24, 2.45) is 0 Å². The molecule has 0 bridgehead atoms. The fraction of sp³-hybridized carbons (Fsp3) is 0.212. The van der Waals surface area contributed by atoms with Gasteiger partial charge >= 0.3 is 0 Å². The largest absolute Gasteiger partial charge is 0.497 e. The Bertz CT molecular complexity index is 1280. The predicted molar refractivity (Wildman–Crippen MR) is 151 cm³/mol. The fourth-order valence-corrected chi connectivity index (χ4v) is 4.47. The van der Waals surface area contributed by atoms with Gasteiger partial charge in [0.15, 0.2) is 0 Å². The highest BCUT2D eigenvalue weighted by Crippen LogP contribution is 2.25. The molecule has 4 aromatic carbocycles. The first-order valence-corrected chi connectivity index (χ1v) is 13.0. The molecule has 5 heteroatoms. The Labute approximate surface area is 225 Å². The summed E-state index contributed by atoms with van der Waals surface area (Å²) in [7, 11) is 1.64. The zero-order valence-electron chi connectivity index (χ0n) is 21.8. The third-order valence-corrected chi connectivity index (χ3v) is 6.53. The van der Waals surface area contributed by atoms with E-state index in [-0.39, 0.29) is 11.8 Å². The molecule has 0 unspecified atom stereocenters. The van der Waals surface area contributed by atoms with E-state index in [1.165, 1.54) is 0 Å². The van der Waals surface area contributed by atoms with Crippen molar-refractivity contribution in [3.8, 4) is 5.75 Å². The molecule has 0 aliphatic heterocycles. The van der Waals surface area contributed by atoms with Gasteiger partial charge in [-0.05, 0) is 47.2 Å². The third-order valence-electron chi connectivity index (χ3n) is 6.53. The van der Waals surface area contributed by atoms with Crippen LogP contribution in [-0.2, 0) is 29.0 Å². The molecule has 0 radical (unpaired) electrons. The van der Waals surface area contributed by atoms with E-state index in [0.29, 0.717) is 32.4 Å². The number of aryl methyl sites for hydroxylation is 1. The van der Waals surface area contributed by atoms with E-state index in [1.54, 1.807) is 12.0 Å². The van der Waals surface area contributed by atoms with Gasteiger partial charge in [0.2, 0.25) is 11.8 Å². The molecule has 0 fully saturated rings. The number of benzene rings is 4. The lowest BCUT2D eigenvalue weighted by Crippen LogP contribution is -2.44. The van der Waals surface area contributed by atoms with Crippen molar-refractivity contribution in [3.63, 3.8) is 0 Å². The molecule has 0 aromatic heterocycles. The van der Waals surface area contributed by atoms with Crippen LogP contribution in [0.15, 0.2) is 115 Å². The van der Waals surface area contributed by atoms with Crippen LogP contribution in [0.4, 0.5) is 0 Å². The van der Waals surface area contributed by atoms with Crippen LogP contribution in [0.3, 0.4) is 0 Å². The van der Waals surface area contributed by atoms with E-state index in [9.17, 15) is 9.59 Å². The van der Waals surface area contributed by atoms with Gasteiger partial charge in [0.05, 0.1) is 7.11 Å². The highest BCUT2D eigenvalue weighted by molar-refractivity contribution is 5.88. The molecule has 0 heterocycles. The van der Waals surface area contributed by atoms with Gasteiger partial charge in [-0.25, -0.2) is 0 Å². The summed E-state index contributed by atoms with van der Waals surface area (Å²) < 4.78 is 5.23. The first-order chi connectivity index (χ1) is 18.6. The summed E-state index contributed by atoms with van der Waals surface area (Å²) in [6, 6.07) is 36.4. The number of methoxy groups -OCH3 is 1. The minimum Gasteiger partial charge on any atom is -0.497 e. The van der Waals surface area contributed by atoms with E-state index in [2.05, 4.69) is 5.32 Å². The van der Waals surface area contributed by atoms with Crippen LogP contribution < -0.4 is 10.1 Å². The molecule has 0 saturated heterocycles. The number of nitrogens with zero attached hydrogens (tertiary/aromatic N) is 1. The maximum Gasteiger partial charge on any atom is 0.247 e. The van der Waals surface area contributed by atoms with Crippen molar-refractivity contribution in [1.82, 2.24) is 10.2 Å². The maximum atomic E-state index is 13.7. The van der Waals surface area contributed by atoms with E-state index >= 15 is 0 Å². The molecule has 2 amide bonds. The van der Waals surface area contributed by atoms with Gasteiger partial charge in [-0.15, -0.1) is 0 Å². The number of nitrogens with one attached hydrogen (secondary N) is 1. The second-order valence-corrected chi connectivity index (χ2v) is 9.20. The quantitative estimate of drug-likeness (QED) is 0.266. The highest BCUT2D eigenvalue weighted by Gasteiger charge is 2.31. The molecule has 5 nitrogen and oxygen atoms in total. The summed E-state index contributed by atoms with van der Waals surface area (Å²) >= 11 is 0. The maximum absolute atomic E-state index is 13.7. The Morgan fingerprint density at radius 2 is 1.26 bits per heavy atom. The van der Waals surface area contributed by atoms with Gasteiger partial charge in [0.1, 0.15) is 11.8 Å². The SMILES string of the molecule is COc1ccc(CCNC(=O)[C@H](c2ccccc2)N(Cc2ccccc2)C(=O)CCc2ccccc2)cc1. The van der Waals surface area contributed by atoms with Crippen molar-refractivity contribution in [3.05, 3.63) is 138 Å². The average molecular weight is 507 g/mol. The number of carbonyl (C=O) groups is 2. The monoisotopic (exact) mass is 506 g/mol. The summed E-state index contributed by atoms with van der Waals surface area (Å²) in [5, 5.41) is 3.09. The Morgan fingerprint density at radius 1 is 0.711 bits per heavy atom. The van der Waals surface area contributed by atoms with Gasteiger partial charge in [0, 0.05) is 19.5 Å². The predicted octanol–water partition coefficient (Wildman–Crippen LogP) is 5.76. The summed E-state index contributed by atoms with van der Waals surface area (Å²) in [6.07, 6.45) is 1.61. The van der Waals surface area contributed by atoms with Gasteiger partial charge in [-0.2, -0.15) is 0 Å². The van der Waals surface area contributed by atoms with Crippen molar-refractivity contribution >= 4 is 11.8 Å². The molecule has 38 heavy (non-hydrogen) atoms. The summed E-state index contributed by atoms with van der Waals surface area (Å²) in [4.78, 5) is 29.2. The van der Waals surface area contributed by atoms with Crippen molar-refractivity contribution in [1.29, 1.82) is 0 Å². The Balaban J connectivity index is 1.54.